The molecule has 0 atom stereocenters. The monoisotopic (exact) mass is 291 g/mol. The summed E-state index contributed by atoms with van der Waals surface area (Å²) in [7, 11) is -1.74. The third-order valence-electron chi connectivity index (χ3n) is 2.29. The molecule has 0 bridgehead atoms. The summed E-state index contributed by atoms with van der Waals surface area (Å²) in [6.45, 7) is 4.16. The smallest absolute Gasteiger partial charge is 0.234 e. The van der Waals surface area contributed by atoms with Crippen LogP contribution in [0, 0.1) is 0 Å². The van der Waals surface area contributed by atoms with Gasteiger partial charge in [-0.25, -0.2) is 13.1 Å². The van der Waals surface area contributed by atoms with Gasteiger partial charge in [-0.05, 0) is 27.6 Å². The Morgan fingerprint density at radius 1 is 1.60 bits per heavy atom. The molecule has 7 heteroatoms. The first-order valence-corrected chi connectivity index (χ1v) is 6.66. The molecule has 1 aromatic heterocycles. The Morgan fingerprint density at radius 2 is 2.27 bits per heavy atom. The maximum absolute atomic E-state index is 11.7. The largest absolute Gasteiger partial charge is 0.247 e. The predicted octanol–water partition coefficient (Wildman–Crippen LogP) is 0.891. The van der Waals surface area contributed by atoms with Crippen LogP contribution in [0.15, 0.2) is 17.2 Å². The van der Waals surface area contributed by atoms with Gasteiger partial charge in [-0.3, -0.25) is 0 Å². The van der Waals surface area contributed by atoms with Crippen LogP contribution in [0.3, 0.4) is 0 Å². The lowest BCUT2D eigenvalue weighted by atomic mass is 10.2. The molecule has 15 heavy (non-hydrogen) atoms. The van der Waals surface area contributed by atoms with E-state index in [-0.39, 0.29) is 5.88 Å². The van der Waals surface area contributed by atoms with Gasteiger partial charge in [0.25, 0.3) is 0 Å². The minimum Gasteiger partial charge on any atom is -0.247 e. The van der Waals surface area contributed by atoms with E-state index < -0.39 is 10.0 Å². The maximum atomic E-state index is 11.7. The van der Waals surface area contributed by atoms with E-state index in [0.29, 0.717) is 11.1 Å². The van der Waals surface area contributed by atoms with Crippen molar-refractivity contribution in [2.75, 3.05) is 13.6 Å². The van der Waals surface area contributed by atoms with Crippen molar-refractivity contribution in [3.63, 3.8) is 0 Å². The summed E-state index contributed by atoms with van der Waals surface area (Å²) in [6.07, 6.45) is 0. The lowest BCUT2D eigenvalue weighted by molar-refractivity contribution is 0.494. The van der Waals surface area contributed by atoms with Crippen molar-refractivity contribution >= 4 is 31.5 Å². The van der Waals surface area contributed by atoms with E-state index in [1.807, 2.05) is 0 Å². The third-order valence-corrected chi connectivity index (χ3v) is 4.32. The van der Waals surface area contributed by atoms with Gasteiger partial charge in [0.15, 0.2) is 5.88 Å². The fourth-order valence-electron chi connectivity index (χ4n) is 1.47. The average Bonchev–Trinajstić information content (AvgIpc) is 2.42. The number of rotatable bonds is 0. The molecule has 0 radical (unpaired) electrons. The summed E-state index contributed by atoms with van der Waals surface area (Å²) < 4.78 is 26.8. The van der Waals surface area contributed by atoms with E-state index in [4.69, 9.17) is 0 Å². The molecule has 1 aromatic rings. The molecular weight excluding hydrogens is 282 g/mol. The summed E-state index contributed by atoms with van der Waals surface area (Å²) in [4.78, 5) is 0. The Kier molecular flexibility index (Phi) is 2.48. The van der Waals surface area contributed by atoms with Gasteiger partial charge in [-0.1, -0.05) is 6.58 Å². The fraction of sp³-hybridized carbons (Fsp3) is 0.375. The Bertz CT molecular complexity index is 520. The molecule has 2 heterocycles. The second kappa shape index (κ2) is 3.43. The summed E-state index contributed by atoms with van der Waals surface area (Å²) in [5.41, 5.74) is 1.51. The molecule has 0 aliphatic carbocycles. The predicted molar refractivity (Wildman–Crippen MR) is 60.5 cm³/mol. The minimum atomic E-state index is -3.28. The van der Waals surface area contributed by atoms with Crippen LogP contribution in [0.2, 0.25) is 0 Å². The molecule has 0 N–H and O–H groups in total. The number of hydrogen-bond donors (Lipinski definition) is 0. The number of halogens is 1. The Hall–Kier alpha value is -0.660. The van der Waals surface area contributed by atoms with Crippen LogP contribution in [-0.4, -0.2) is 36.1 Å². The van der Waals surface area contributed by atoms with Gasteiger partial charge in [-0.2, -0.15) is 9.40 Å². The molecule has 1 aliphatic rings. The van der Waals surface area contributed by atoms with E-state index in [0.717, 1.165) is 11.3 Å². The van der Waals surface area contributed by atoms with E-state index in [9.17, 15) is 8.42 Å². The van der Waals surface area contributed by atoms with Crippen molar-refractivity contribution in [2.45, 2.75) is 5.88 Å². The molecule has 0 saturated carbocycles. The van der Waals surface area contributed by atoms with E-state index >= 15 is 0 Å². The van der Waals surface area contributed by atoms with Gasteiger partial charge in [0.1, 0.15) is 4.60 Å². The van der Waals surface area contributed by atoms with Crippen LogP contribution >= 0.6 is 15.9 Å². The molecule has 5 nitrogen and oxygen atoms in total. The number of nitrogens with zero attached hydrogens (tertiary/aromatic N) is 3. The van der Waals surface area contributed by atoms with Crippen molar-refractivity contribution < 1.29 is 8.42 Å². The van der Waals surface area contributed by atoms with Gasteiger partial charge in [0, 0.05) is 13.6 Å². The quantitative estimate of drug-likeness (QED) is 0.713. The topological polar surface area (TPSA) is 55.2 Å². The number of likely N-dealkylation sites (N-methyl/N-ethyl adjacent to an activating group) is 1. The first-order valence-electron chi connectivity index (χ1n) is 4.25. The Labute approximate surface area is 96.6 Å². The SMILES string of the molecule is C=C1CN(C)S(=O)(=O)Cn2nc(Br)cc21. The molecule has 2 rings (SSSR count). The first-order chi connectivity index (χ1) is 6.90. The fourth-order valence-corrected chi connectivity index (χ4v) is 2.93. The molecule has 0 aromatic carbocycles. The van der Waals surface area contributed by atoms with E-state index in [2.05, 4.69) is 27.6 Å². The van der Waals surface area contributed by atoms with Crippen molar-refractivity contribution in [3.05, 3.63) is 22.9 Å². The van der Waals surface area contributed by atoms with Crippen LogP contribution in [0.5, 0.6) is 0 Å². The van der Waals surface area contributed by atoms with Crippen molar-refractivity contribution in [3.8, 4) is 0 Å². The molecule has 0 saturated heterocycles. The zero-order valence-electron chi connectivity index (χ0n) is 8.14. The molecule has 0 amide bonds. The zero-order valence-corrected chi connectivity index (χ0v) is 10.5. The minimum absolute atomic E-state index is 0.135. The standard InChI is InChI=1S/C8H10BrN3O2S/c1-6-4-11(2)15(13,14)5-12-7(6)3-8(9)10-12/h3H,1,4-5H2,2H3. The molecular formula is C8H10BrN3O2S. The summed E-state index contributed by atoms with van der Waals surface area (Å²) in [6, 6.07) is 1.77. The average molecular weight is 292 g/mol. The summed E-state index contributed by atoms with van der Waals surface area (Å²) >= 11 is 3.22. The van der Waals surface area contributed by atoms with Crippen LogP contribution in [0.25, 0.3) is 5.57 Å². The lowest BCUT2D eigenvalue weighted by Crippen LogP contribution is -2.28. The highest BCUT2D eigenvalue weighted by atomic mass is 79.9. The van der Waals surface area contributed by atoms with Gasteiger partial charge in [0.05, 0.1) is 5.69 Å². The zero-order chi connectivity index (χ0) is 11.2. The van der Waals surface area contributed by atoms with Crippen LogP contribution in [-0.2, 0) is 15.9 Å². The highest BCUT2D eigenvalue weighted by Gasteiger charge is 2.26. The van der Waals surface area contributed by atoms with Gasteiger partial charge in [-0.15, -0.1) is 0 Å². The van der Waals surface area contributed by atoms with E-state index in [1.54, 1.807) is 13.1 Å². The third kappa shape index (κ3) is 1.86. The Morgan fingerprint density at radius 3 is 2.93 bits per heavy atom. The summed E-state index contributed by atoms with van der Waals surface area (Å²) in [5.74, 6) is -0.135. The molecule has 1 aliphatic heterocycles. The van der Waals surface area contributed by atoms with Gasteiger partial charge >= 0.3 is 0 Å². The molecule has 82 valence electrons. The maximum Gasteiger partial charge on any atom is 0.234 e. The highest BCUT2D eigenvalue weighted by Crippen LogP contribution is 2.23. The number of sulfonamides is 1. The molecule has 0 spiro atoms. The lowest BCUT2D eigenvalue weighted by Gasteiger charge is -2.12. The normalized spacial score (nSPS) is 21.1. The number of fused-ring (bicyclic) bond motifs is 1. The highest BCUT2D eigenvalue weighted by molar-refractivity contribution is 9.10. The van der Waals surface area contributed by atoms with Gasteiger partial charge < -0.3 is 0 Å². The second-order valence-electron chi connectivity index (χ2n) is 3.45. The van der Waals surface area contributed by atoms with Gasteiger partial charge in [0.2, 0.25) is 10.0 Å². The summed E-state index contributed by atoms with van der Waals surface area (Å²) in [5, 5.41) is 4.06. The van der Waals surface area contributed by atoms with Crippen LogP contribution in [0.4, 0.5) is 0 Å². The number of hydrogen-bond acceptors (Lipinski definition) is 3. The number of aromatic nitrogens is 2. The molecule has 0 fully saturated rings. The first kappa shape index (κ1) is 10.8. The van der Waals surface area contributed by atoms with Crippen molar-refractivity contribution in [1.29, 1.82) is 0 Å². The second-order valence-corrected chi connectivity index (χ2v) is 6.31. The van der Waals surface area contributed by atoms with Crippen LogP contribution in [0.1, 0.15) is 5.69 Å². The Balaban J connectivity index is 2.57. The van der Waals surface area contributed by atoms with Crippen molar-refractivity contribution in [2.24, 2.45) is 0 Å². The van der Waals surface area contributed by atoms with E-state index in [1.165, 1.54) is 8.99 Å². The van der Waals surface area contributed by atoms with Crippen LogP contribution < -0.4 is 0 Å². The van der Waals surface area contributed by atoms with Crippen molar-refractivity contribution in [1.82, 2.24) is 14.1 Å². The molecule has 0 unspecified atom stereocenters.